The van der Waals surface area contributed by atoms with Gasteiger partial charge in [-0.25, -0.2) is 0 Å². The van der Waals surface area contributed by atoms with E-state index in [9.17, 15) is 15.3 Å². The van der Waals surface area contributed by atoms with Gasteiger partial charge in [-0.3, -0.25) is 0 Å². The minimum atomic E-state index is -1.10. The normalized spacial score (nSPS) is 26.2. The molecule has 0 radical (unpaired) electrons. The topological polar surface area (TPSA) is 79.2 Å². The van der Waals surface area contributed by atoms with Crippen molar-refractivity contribution in [2.45, 2.75) is 63.4 Å². The molecule has 0 amide bonds. The Morgan fingerprint density at radius 1 is 1.13 bits per heavy atom. The van der Waals surface area contributed by atoms with Crippen molar-refractivity contribution in [3.05, 3.63) is 63.2 Å². The first-order valence-corrected chi connectivity index (χ1v) is 11.1. The zero-order valence-corrected chi connectivity index (χ0v) is 17.9. The molecule has 2 aliphatic heterocycles. The fourth-order valence-electron chi connectivity index (χ4n) is 4.39. The van der Waals surface area contributed by atoms with Crippen LogP contribution in [0.3, 0.4) is 0 Å². The van der Waals surface area contributed by atoms with Gasteiger partial charge in [0, 0.05) is 17.5 Å². The molecular weight excluding hydrogens is 404 g/mol. The molecule has 2 heterocycles. The number of benzene rings is 2. The molecule has 2 aromatic rings. The lowest BCUT2D eigenvalue weighted by molar-refractivity contribution is -0.181. The average Bonchev–Trinajstić information content (AvgIpc) is 2.78. The third-order valence-corrected chi connectivity index (χ3v) is 6.62. The Morgan fingerprint density at radius 2 is 1.87 bits per heavy atom. The van der Waals surface area contributed by atoms with Crippen LogP contribution in [0.4, 0.5) is 0 Å². The second-order valence-corrected chi connectivity index (χ2v) is 8.56. The van der Waals surface area contributed by atoms with Crippen LogP contribution in [0.5, 0.6) is 5.75 Å². The highest BCUT2D eigenvalue weighted by Crippen LogP contribution is 2.44. The summed E-state index contributed by atoms with van der Waals surface area (Å²) >= 11 is 6.80. The molecule has 1 saturated heterocycles. The maximum atomic E-state index is 10.3. The summed E-state index contributed by atoms with van der Waals surface area (Å²) in [6.07, 6.45) is 0.250. The van der Waals surface area contributed by atoms with Gasteiger partial charge in [0.15, 0.2) is 0 Å². The van der Waals surface area contributed by atoms with E-state index in [1.807, 2.05) is 6.07 Å². The molecule has 162 valence electrons. The minimum Gasteiger partial charge on any atom is -0.493 e. The van der Waals surface area contributed by atoms with Crippen molar-refractivity contribution in [2.24, 2.45) is 0 Å². The number of hydrogen-bond donors (Lipinski definition) is 3. The van der Waals surface area contributed by atoms with E-state index in [0.29, 0.717) is 13.0 Å². The Bertz CT molecular complexity index is 882. The predicted octanol–water partition coefficient (Wildman–Crippen LogP) is 3.36. The van der Waals surface area contributed by atoms with Gasteiger partial charge in [-0.1, -0.05) is 42.8 Å². The average molecular weight is 433 g/mol. The smallest absolute Gasteiger partial charge is 0.129 e. The molecule has 0 aromatic heterocycles. The van der Waals surface area contributed by atoms with E-state index >= 15 is 0 Å². The monoisotopic (exact) mass is 432 g/mol. The molecule has 5 nitrogen and oxygen atoms in total. The molecule has 2 aliphatic rings. The second kappa shape index (κ2) is 9.25. The first-order valence-electron chi connectivity index (χ1n) is 10.7. The lowest BCUT2D eigenvalue weighted by Crippen LogP contribution is -2.47. The van der Waals surface area contributed by atoms with Crippen LogP contribution >= 0.6 is 11.6 Å². The van der Waals surface area contributed by atoms with E-state index in [2.05, 4.69) is 31.2 Å². The molecule has 0 unspecified atom stereocenters. The maximum Gasteiger partial charge on any atom is 0.129 e. The van der Waals surface area contributed by atoms with Crippen molar-refractivity contribution in [3.63, 3.8) is 0 Å². The van der Waals surface area contributed by atoms with Crippen LogP contribution in [0.15, 0.2) is 30.3 Å². The number of aryl methyl sites for hydroxylation is 1. The van der Waals surface area contributed by atoms with Crippen molar-refractivity contribution >= 4 is 11.6 Å². The lowest BCUT2D eigenvalue weighted by Gasteiger charge is -2.38. The van der Waals surface area contributed by atoms with E-state index < -0.39 is 24.4 Å². The first kappa shape index (κ1) is 21.6. The fraction of sp³-hybridized carbons (Fsp3) is 0.500. The van der Waals surface area contributed by atoms with Crippen molar-refractivity contribution in [2.75, 3.05) is 13.2 Å². The number of fused-ring (bicyclic) bond motifs is 1. The van der Waals surface area contributed by atoms with Crippen LogP contribution in [-0.4, -0.2) is 46.8 Å². The third-order valence-electron chi connectivity index (χ3n) is 6.15. The van der Waals surface area contributed by atoms with Crippen LogP contribution in [0.1, 0.15) is 53.7 Å². The summed E-state index contributed by atoms with van der Waals surface area (Å²) in [5.74, 6) is 0.724. The summed E-state index contributed by atoms with van der Waals surface area (Å²) in [5, 5.41) is 30.7. The SMILES string of the molecule is CCc1ccc(Cc2cc([C@H]3C[C@@H](O)[C@H](O)[C@@H](CO)O3)c3c(c2Cl)CCCO3)cc1. The van der Waals surface area contributed by atoms with Gasteiger partial charge < -0.3 is 24.8 Å². The summed E-state index contributed by atoms with van der Waals surface area (Å²) in [5.41, 5.74) is 5.27. The van der Waals surface area contributed by atoms with Gasteiger partial charge in [0.2, 0.25) is 0 Å². The summed E-state index contributed by atoms with van der Waals surface area (Å²) in [6.45, 7) is 2.38. The van der Waals surface area contributed by atoms with Gasteiger partial charge in [-0.15, -0.1) is 0 Å². The summed E-state index contributed by atoms with van der Waals surface area (Å²) in [4.78, 5) is 0. The molecule has 0 spiro atoms. The Labute approximate surface area is 182 Å². The van der Waals surface area contributed by atoms with E-state index in [0.717, 1.165) is 46.7 Å². The van der Waals surface area contributed by atoms with Crippen molar-refractivity contribution in [3.8, 4) is 5.75 Å². The Kier molecular flexibility index (Phi) is 6.66. The predicted molar refractivity (Wildman–Crippen MR) is 115 cm³/mol. The van der Waals surface area contributed by atoms with Crippen molar-refractivity contribution < 1.29 is 24.8 Å². The molecular formula is C24H29ClO5. The molecule has 30 heavy (non-hydrogen) atoms. The Hall–Kier alpha value is -1.63. The molecule has 0 bridgehead atoms. The molecule has 1 fully saturated rings. The summed E-state index contributed by atoms with van der Waals surface area (Å²) < 4.78 is 11.9. The molecule has 0 saturated carbocycles. The molecule has 4 rings (SSSR count). The molecule has 2 aromatic carbocycles. The molecule has 6 heteroatoms. The van der Waals surface area contributed by atoms with E-state index in [4.69, 9.17) is 21.1 Å². The highest BCUT2D eigenvalue weighted by molar-refractivity contribution is 6.32. The molecule has 4 atom stereocenters. The molecule has 3 N–H and O–H groups in total. The fourth-order valence-corrected chi connectivity index (χ4v) is 4.69. The zero-order valence-electron chi connectivity index (χ0n) is 17.2. The van der Waals surface area contributed by atoms with Crippen molar-refractivity contribution in [1.82, 2.24) is 0 Å². The van der Waals surface area contributed by atoms with Crippen LogP contribution in [0, 0.1) is 0 Å². The quantitative estimate of drug-likeness (QED) is 0.675. The number of aliphatic hydroxyl groups is 3. The first-order chi connectivity index (χ1) is 14.5. The minimum absolute atomic E-state index is 0.236. The maximum absolute atomic E-state index is 10.3. The van der Waals surface area contributed by atoms with Crippen LogP contribution in [0.25, 0.3) is 0 Å². The number of aliphatic hydroxyl groups excluding tert-OH is 3. The third kappa shape index (κ3) is 4.23. The van der Waals surface area contributed by atoms with Crippen molar-refractivity contribution in [1.29, 1.82) is 0 Å². The van der Waals surface area contributed by atoms with Gasteiger partial charge in [0.1, 0.15) is 18.0 Å². The zero-order chi connectivity index (χ0) is 21.3. The van der Waals surface area contributed by atoms with Gasteiger partial charge in [0.25, 0.3) is 0 Å². The van der Waals surface area contributed by atoms with Gasteiger partial charge in [0.05, 0.1) is 30.4 Å². The van der Waals surface area contributed by atoms with Gasteiger partial charge in [-0.2, -0.15) is 0 Å². The van der Waals surface area contributed by atoms with Gasteiger partial charge >= 0.3 is 0 Å². The van der Waals surface area contributed by atoms with Crippen LogP contribution < -0.4 is 4.74 Å². The summed E-state index contributed by atoms with van der Waals surface area (Å²) in [7, 11) is 0. The lowest BCUT2D eigenvalue weighted by atomic mass is 9.88. The number of ether oxygens (including phenoxy) is 2. The van der Waals surface area contributed by atoms with Gasteiger partial charge in [-0.05, 0) is 48.4 Å². The highest BCUT2D eigenvalue weighted by atomic mass is 35.5. The van der Waals surface area contributed by atoms with Crippen LogP contribution in [-0.2, 0) is 24.0 Å². The van der Waals surface area contributed by atoms with Crippen LogP contribution in [0.2, 0.25) is 5.02 Å². The standard InChI is InChI=1S/C24H29ClO5/c1-2-14-5-7-15(8-6-14)10-16-11-18(24-17(22(16)25)4-3-9-29-24)20-12-19(27)23(28)21(13-26)30-20/h5-8,11,19-21,23,26-28H,2-4,9-10,12-13H2,1H3/t19-,20-,21-,23+/m1/s1. The second-order valence-electron chi connectivity index (χ2n) is 8.18. The Morgan fingerprint density at radius 3 is 2.57 bits per heavy atom. The van der Waals surface area contributed by atoms with E-state index in [1.165, 1.54) is 11.1 Å². The number of halogens is 1. The Balaban J connectivity index is 1.71. The number of hydrogen-bond acceptors (Lipinski definition) is 5. The van der Waals surface area contributed by atoms with E-state index in [1.54, 1.807) is 0 Å². The van der Waals surface area contributed by atoms with E-state index in [-0.39, 0.29) is 13.0 Å². The number of rotatable bonds is 5. The molecule has 0 aliphatic carbocycles. The highest BCUT2D eigenvalue weighted by Gasteiger charge is 2.39. The summed E-state index contributed by atoms with van der Waals surface area (Å²) in [6, 6.07) is 10.5. The largest absolute Gasteiger partial charge is 0.493 e.